The lowest BCUT2D eigenvalue weighted by Gasteiger charge is -2.36. The molecule has 0 bridgehead atoms. The Balaban J connectivity index is 1.69. The summed E-state index contributed by atoms with van der Waals surface area (Å²) in [5.74, 6) is 0.618. The van der Waals surface area contributed by atoms with Gasteiger partial charge in [0, 0.05) is 33.6 Å². The lowest BCUT2D eigenvalue weighted by molar-refractivity contribution is 0.0287. The van der Waals surface area contributed by atoms with Crippen molar-refractivity contribution in [3.8, 4) is 5.75 Å². The molecule has 0 spiro atoms. The Labute approximate surface area is 204 Å². The third-order valence-corrected chi connectivity index (χ3v) is 6.44. The number of aliphatic hydroxyl groups excluding tert-OH is 2. The summed E-state index contributed by atoms with van der Waals surface area (Å²) in [5.41, 5.74) is 3.27. The van der Waals surface area contributed by atoms with Crippen molar-refractivity contribution >= 4 is 28.6 Å². The molecule has 182 valence electrons. The number of ether oxygens (including phenoxy) is 2. The molecular weight excluding hydrogens is 456 g/mol. The lowest BCUT2D eigenvalue weighted by Crippen LogP contribution is -2.41. The van der Waals surface area contributed by atoms with Crippen molar-refractivity contribution in [3.05, 3.63) is 64.3 Å². The molecule has 2 aromatic carbocycles. The van der Waals surface area contributed by atoms with Gasteiger partial charge in [0.05, 0.1) is 25.9 Å². The molecule has 8 heteroatoms. The number of fused-ring (bicyclic) bond motifs is 3. The van der Waals surface area contributed by atoms with Crippen LogP contribution in [0.5, 0.6) is 5.75 Å². The van der Waals surface area contributed by atoms with Crippen LogP contribution >= 0.6 is 11.6 Å². The highest BCUT2D eigenvalue weighted by Crippen LogP contribution is 2.40. The third kappa shape index (κ3) is 4.87. The van der Waals surface area contributed by atoms with Gasteiger partial charge < -0.3 is 24.7 Å². The molecule has 1 atom stereocenters. The minimum atomic E-state index is -0.722. The van der Waals surface area contributed by atoms with Gasteiger partial charge in [-0.2, -0.15) is 0 Å². The van der Waals surface area contributed by atoms with Gasteiger partial charge in [0.2, 0.25) is 0 Å². The molecule has 0 saturated carbocycles. The average Bonchev–Trinajstić information content (AvgIpc) is 3.19. The van der Waals surface area contributed by atoms with Crippen LogP contribution in [-0.2, 0) is 11.2 Å². The van der Waals surface area contributed by atoms with Crippen molar-refractivity contribution in [2.45, 2.75) is 39.3 Å². The average molecular weight is 487 g/mol. The standard InChI is InChI=1S/C26H31ClN2O5/c1-16(2)34-25(32)29-11-10-20-21-12-18(27)6-9-22(21)28-23(20)24(29)17-4-7-19(8-5-17)33-15-26(3,13-30)14-31/h4-9,12,16,24,28,30-31H,10-11,13-15H2,1-3H3/t24-/m0/s1. The number of aliphatic hydroxyl groups is 2. The van der Waals surface area contributed by atoms with E-state index in [1.807, 2.05) is 56.3 Å². The summed E-state index contributed by atoms with van der Waals surface area (Å²) < 4.78 is 11.4. The van der Waals surface area contributed by atoms with E-state index in [2.05, 4.69) is 4.98 Å². The molecule has 1 amide bonds. The number of carbonyl (C=O) groups is 1. The fourth-order valence-electron chi connectivity index (χ4n) is 4.22. The van der Waals surface area contributed by atoms with Crippen LogP contribution in [0.15, 0.2) is 42.5 Å². The first-order chi connectivity index (χ1) is 16.2. The number of aromatic nitrogens is 1. The van der Waals surface area contributed by atoms with Gasteiger partial charge in [0.1, 0.15) is 11.8 Å². The number of amides is 1. The summed E-state index contributed by atoms with van der Waals surface area (Å²) in [4.78, 5) is 18.3. The molecule has 2 heterocycles. The maximum Gasteiger partial charge on any atom is 0.410 e. The largest absolute Gasteiger partial charge is 0.493 e. The molecule has 7 nitrogen and oxygen atoms in total. The van der Waals surface area contributed by atoms with Gasteiger partial charge in [0.25, 0.3) is 0 Å². The highest BCUT2D eigenvalue weighted by Gasteiger charge is 2.36. The second-order valence-electron chi connectivity index (χ2n) is 9.47. The predicted octanol–water partition coefficient (Wildman–Crippen LogP) is 4.68. The zero-order valence-electron chi connectivity index (χ0n) is 19.7. The molecule has 4 rings (SSSR count). The van der Waals surface area contributed by atoms with Crippen LogP contribution in [0, 0.1) is 5.41 Å². The molecule has 0 fully saturated rings. The first-order valence-corrected chi connectivity index (χ1v) is 11.8. The minimum absolute atomic E-state index is 0.177. The molecule has 0 radical (unpaired) electrons. The smallest absolute Gasteiger partial charge is 0.410 e. The van der Waals surface area contributed by atoms with Crippen molar-refractivity contribution in [1.82, 2.24) is 9.88 Å². The van der Waals surface area contributed by atoms with Gasteiger partial charge in [-0.1, -0.05) is 30.7 Å². The van der Waals surface area contributed by atoms with Crippen molar-refractivity contribution in [3.63, 3.8) is 0 Å². The summed E-state index contributed by atoms with van der Waals surface area (Å²) in [6.07, 6.45) is 0.116. The Morgan fingerprint density at radius 3 is 2.56 bits per heavy atom. The summed E-state index contributed by atoms with van der Waals surface area (Å²) >= 11 is 6.26. The number of benzene rings is 2. The Hall–Kier alpha value is -2.74. The maximum atomic E-state index is 13.0. The quantitative estimate of drug-likeness (QED) is 0.450. The number of aromatic amines is 1. The van der Waals surface area contributed by atoms with E-state index in [-0.39, 0.29) is 38.1 Å². The number of rotatable bonds is 7. The molecule has 0 aliphatic carbocycles. The minimum Gasteiger partial charge on any atom is -0.493 e. The number of halogens is 1. The van der Waals surface area contributed by atoms with Crippen LogP contribution in [0.2, 0.25) is 5.02 Å². The van der Waals surface area contributed by atoms with Crippen LogP contribution in [0.25, 0.3) is 10.9 Å². The van der Waals surface area contributed by atoms with E-state index in [4.69, 9.17) is 21.1 Å². The summed E-state index contributed by atoms with van der Waals surface area (Å²) in [5, 5.41) is 20.7. The molecular formula is C26H31ClN2O5. The molecule has 3 N–H and O–H groups in total. The van der Waals surface area contributed by atoms with E-state index >= 15 is 0 Å². The fraction of sp³-hybridized carbons (Fsp3) is 0.423. The number of hydrogen-bond acceptors (Lipinski definition) is 5. The van der Waals surface area contributed by atoms with Crippen LogP contribution in [0.3, 0.4) is 0 Å². The van der Waals surface area contributed by atoms with Crippen LogP contribution in [-0.4, -0.2) is 58.7 Å². The first-order valence-electron chi connectivity index (χ1n) is 11.5. The van der Waals surface area contributed by atoms with E-state index in [0.29, 0.717) is 23.7 Å². The molecule has 3 aromatic rings. The molecule has 1 aliphatic heterocycles. The van der Waals surface area contributed by atoms with E-state index in [1.165, 1.54) is 0 Å². The molecule has 34 heavy (non-hydrogen) atoms. The first kappa shape index (κ1) is 24.4. The van der Waals surface area contributed by atoms with E-state index in [0.717, 1.165) is 27.7 Å². The topological polar surface area (TPSA) is 95.0 Å². The number of H-pyrrole nitrogens is 1. The Morgan fingerprint density at radius 1 is 1.21 bits per heavy atom. The predicted molar refractivity (Wildman–Crippen MR) is 131 cm³/mol. The van der Waals surface area contributed by atoms with E-state index in [9.17, 15) is 15.0 Å². The number of nitrogens with one attached hydrogen (secondary N) is 1. The Morgan fingerprint density at radius 2 is 1.91 bits per heavy atom. The van der Waals surface area contributed by atoms with E-state index < -0.39 is 5.41 Å². The lowest BCUT2D eigenvalue weighted by atomic mass is 9.92. The van der Waals surface area contributed by atoms with Crippen molar-refractivity contribution in [1.29, 1.82) is 0 Å². The van der Waals surface area contributed by atoms with Crippen molar-refractivity contribution in [2.75, 3.05) is 26.4 Å². The fourth-order valence-corrected chi connectivity index (χ4v) is 4.39. The second-order valence-corrected chi connectivity index (χ2v) is 9.91. The van der Waals surface area contributed by atoms with E-state index in [1.54, 1.807) is 11.8 Å². The van der Waals surface area contributed by atoms with Gasteiger partial charge in [-0.25, -0.2) is 4.79 Å². The molecule has 0 saturated heterocycles. The van der Waals surface area contributed by atoms with Gasteiger partial charge in [0.15, 0.2) is 0 Å². The van der Waals surface area contributed by atoms with Crippen LogP contribution in [0.4, 0.5) is 4.79 Å². The second kappa shape index (κ2) is 9.86. The summed E-state index contributed by atoms with van der Waals surface area (Å²) in [6.45, 7) is 5.78. The number of carbonyl (C=O) groups excluding carboxylic acids is 1. The number of hydrogen-bond donors (Lipinski definition) is 3. The SMILES string of the molecule is CC(C)OC(=O)N1CCc2c([nH]c3ccc(Cl)cc23)[C@@H]1c1ccc(OCC(C)(CO)CO)cc1. The Bertz CT molecular complexity index is 1150. The highest BCUT2D eigenvalue weighted by molar-refractivity contribution is 6.31. The number of nitrogens with zero attached hydrogens (tertiary/aromatic N) is 1. The van der Waals surface area contributed by atoms with Gasteiger partial charge >= 0.3 is 6.09 Å². The maximum absolute atomic E-state index is 13.0. The zero-order valence-corrected chi connectivity index (χ0v) is 20.4. The van der Waals surface area contributed by atoms with Gasteiger partial charge in [-0.15, -0.1) is 0 Å². The van der Waals surface area contributed by atoms with Crippen LogP contribution < -0.4 is 4.74 Å². The summed E-state index contributed by atoms with van der Waals surface area (Å²) in [6, 6.07) is 13.0. The normalized spacial score (nSPS) is 16.1. The van der Waals surface area contributed by atoms with Crippen molar-refractivity contribution < 1.29 is 24.5 Å². The summed E-state index contributed by atoms with van der Waals surface area (Å²) in [7, 11) is 0. The molecule has 0 unspecified atom stereocenters. The zero-order chi connectivity index (χ0) is 24.5. The molecule has 1 aliphatic rings. The highest BCUT2D eigenvalue weighted by atomic mass is 35.5. The third-order valence-electron chi connectivity index (χ3n) is 6.21. The Kier molecular flexibility index (Phi) is 7.07. The van der Waals surface area contributed by atoms with Crippen LogP contribution in [0.1, 0.15) is 43.6 Å². The molecule has 1 aromatic heterocycles. The van der Waals surface area contributed by atoms with Gasteiger partial charge in [-0.05, 0) is 61.7 Å². The van der Waals surface area contributed by atoms with Gasteiger partial charge in [-0.3, -0.25) is 4.90 Å². The van der Waals surface area contributed by atoms with Crippen molar-refractivity contribution in [2.24, 2.45) is 5.41 Å². The monoisotopic (exact) mass is 486 g/mol.